The van der Waals surface area contributed by atoms with Crippen molar-refractivity contribution in [2.45, 2.75) is 6.54 Å². The van der Waals surface area contributed by atoms with E-state index in [9.17, 15) is 13.6 Å². The van der Waals surface area contributed by atoms with Crippen LogP contribution in [0.4, 0.5) is 14.5 Å². The highest BCUT2D eigenvalue weighted by atomic mass is 19.1. The lowest BCUT2D eigenvalue weighted by Gasteiger charge is -2.12. The molecular formula is C15H13F2NO3. The maximum atomic E-state index is 13.5. The van der Waals surface area contributed by atoms with E-state index in [0.29, 0.717) is 11.4 Å². The van der Waals surface area contributed by atoms with Gasteiger partial charge in [-0.05, 0) is 18.2 Å². The molecule has 0 fully saturated rings. The molecule has 2 aromatic carbocycles. The van der Waals surface area contributed by atoms with Crippen molar-refractivity contribution >= 4 is 11.7 Å². The van der Waals surface area contributed by atoms with Gasteiger partial charge >= 0.3 is 5.97 Å². The van der Waals surface area contributed by atoms with Crippen LogP contribution in [0.1, 0.15) is 15.9 Å². The Balaban J connectivity index is 2.24. The van der Waals surface area contributed by atoms with E-state index < -0.39 is 17.6 Å². The Bertz CT molecular complexity index is 674. The molecule has 2 N–H and O–H groups in total. The van der Waals surface area contributed by atoms with Gasteiger partial charge in [-0.25, -0.2) is 13.6 Å². The SMILES string of the molecule is COc1ccc(C(=O)O)c(NCc2ccc(F)cc2F)c1. The predicted octanol–water partition coefficient (Wildman–Crippen LogP) is 3.28. The van der Waals surface area contributed by atoms with Crippen LogP contribution in [0.2, 0.25) is 0 Å². The molecule has 2 rings (SSSR count). The molecule has 0 aromatic heterocycles. The standard InChI is InChI=1S/C15H13F2NO3/c1-21-11-4-5-12(15(19)20)14(7-11)18-8-9-2-3-10(16)6-13(9)17/h2-7,18H,8H2,1H3,(H,19,20). The second-order valence-corrected chi connectivity index (χ2v) is 4.31. The lowest BCUT2D eigenvalue weighted by Crippen LogP contribution is -2.08. The van der Waals surface area contributed by atoms with Crippen LogP contribution in [0, 0.1) is 11.6 Å². The van der Waals surface area contributed by atoms with E-state index >= 15 is 0 Å². The molecule has 0 aliphatic carbocycles. The molecule has 21 heavy (non-hydrogen) atoms. The smallest absolute Gasteiger partial charge is 0.337 e. The lowest BCUT2D eigenvalue weighted by molar-refractivity contribution is 0.0698. The summed E-state index contributed by atoms with van der Waals surface area (Å²) in [6.07, 6.45) is 0. The van der Waals surface area contributed by atoms with Crippen molar-refractivity contribution in [3.63, 3.8) is 0 Å². The van der Waals surface area contributed by atoms with E-state index in [2.05, 4.69) is 5.32 Å². The van der Waals surface area contributed by atoms with Crippen LogP contribution in [0.3, 0.4) is 0 Å². The third-order valence-electron chi connectivity index (χ3n) is 2.94. The predicted molar refractivity (Wildman–Crippen MR) is 73.6 cm³/mol. The van der Waals surface area contributed by atoms with Crippen LogP contribution in [0.25, 0.3) is 0 Å². The van der Waals surface area contributed by atoms with Gasteiger partial charge in [-0.15, -0.1) is 0 Å². The van der Waals surface area contributed by atoms with Gasteiger partial charge in [0.15, 0.2) is 0 Å². The first kappa shape index (κ1) is 14.8. The number of nitrogens with one attached hydrogen (secondary N) is 1. The summed E-state index contributed by atoms with van der Waals surface area (Å²) >= 11 is 0. The van der Waals surface area contributed by atoms with Crippen LogP contribution in [-0.4, -0.2) is 18.2 Å². The fourth-order valence-corrected chi connectivity index (χ4v) is 1.84. The number of carboxylic acid groups (broad SMARTS) is 1. The molecule has 6 heteroatoms. The van der Waals surface area contributed by atoms with Crippen LogP contribution < -0.4 is 10.1 Å². The highest BCUT2D eigenvalue weighted by Crippen LogP contribution is 2.23. The average Bonchev–Trinajstić information content (AvgIpc) is 2.45. The van der Waals surface area contributed by atoms with Gasteiger partial charge in [-0.2, -0.15) is 0 Å². The first-order chi connectivity index (χ1) is 10.0. The van der Waals surface area contributed by atoms with Gasteiger partial charge in [0.1, 0.15) is 17.4 Å². The van der Waals surface area contributed by atoms with E-state index in [0.717, 1.165) is 12.1 Å². The minimum Gasteiger partial charge on any atom is -0.497 e. The molecule has 0 aliphatic heterocycles. The van der Waals surface area contributed by atoms with Crippen LogP contribution in [-0.2, 0) is 6.54 Å². The largest absolute Gasteiger partial charge is 0.497 e. The lowest BCUT2D eigenvalue weighted by atomic mass is 10.1. The summed E-state index contributed by atoms with van der Waals surface area (Å²) in [6.45, 7) is 0.0273. The number of hydrogen-bond acceptors (Lipinski definition) is 3. The zero-order valence-corrected chi connectivity index (χ0v) is 11.2. The maximum absolute atomic E-state index is 13.5. The van der Waals surface area contributed by atoms with Crippen LogP contribution in [0.15, 0.2) is 36.4 Å². The zero-order valence-electron chi connectivity index (χ0n) is 11.2. The number of aromatic carboxylic acids is 1. The molecule has 0 heterocycles. The Labute approximate surface area is 120 Å². The molecule has 0 spiro atoms. The molecule has 0 bridgehead atoms. The average molecular weight is 293 g/mol. The number of hydrogen-bond donors (Lipinski definition) is 2. The molecular weight excluding hydrogens is 280 g/mol. The number of methoxy groups -OCH3 is 1. The van der Waals surface area contributed by atoms with Gasteiger partial charge in [0.05, 0.1) is 18.4 Å². The minimum atomic E-state index is -1.11. The van der Waals surface area contributed by atoms with Gasteiger partial charge < -0.3 is 15.2 Å². The molecule has 0 saturated heterocycles. The second-order valence-electron chi connectivity index (χ2n) is 4.31. The monoisotopic (exact) mass is 293 g/mol. The summed E-state index contributed by atoms with van der Waals surface area (Å²) in [6, 6.07) is 7.64. The molecule has 4 nitrogen and oxygen atoms in total. The van der Waals surface area contributed by atoms with Gasteiger partial charge in [0.2, 0.25) is 0 Å². The van der Waals surface area contributed by atoms with Gasteiger partial charge in [0.25, 0.3) is 0 Å². The Morgan fingerprint density at radius 2 is 2.00 bits per heavy atom. The summed E-state index contributed by atoms with van der Waals surface area (Å²) in [7, 11) is 1.46. The number of carboxylic acids is 1. The molecule has 0 unspecified atom stereocenters. The number of halogens is 2. The first-order valence-electron chi connectivity index (χ1n) is 6.10. The highest BCUT2D eigenvalue weighted by Gasteiger charge is 2.12. The summed E-state index contributed by atoms with van der Waals surface area (Å²) < 4.78 is 31.4. The van der Waals surface area contributed by atoms with Crippen molar-refractivity contribution < 1.29 is 23.4 Å². The number of carbonyl (C=O) groups is 1. The van der Waals surface area contributed by atoms with Gasteiger partial charge in [-0.1, -0.05) is 6.07 Å². The molecule has 0 radical (unpaired) electrons. The van der Waals surface area contributed by atoms with Crippen molar-refractivity contribution in [1.29, 1.82) is 0 Å². The van der Waals surface area contributed by atoms with E-state index in [-0.39, 0.29) is 17.7 Å². The molecule has 0 aliphatic rings. The molecule has 2 aromatic rings. The maximum Gasteiger partial charge on any atom is 0.337 e. The van der Waals surface area contributed by atoms with E-state index in [1.165, 1.54) is 31.4 Å². The minimum absolute atomic E-state index is 0.0273. The Morgan fingerprint density at radius 3 is 2.62 bits per heavy atom. The Hall–Kier alpha value is -2.63. The molecule has 0 atom stereocenters. The van der Waals surface area contributed by atoms with Crippen LogP contribution in [0.5, 0.6) is 5.75 Å². The van der Waals surface area contributed by atoms with Gasteiger partial charge in [-0.3, -0.25) is 0 Å². The second kappa shape index (κ2) is 6.21. The van der Waals surface area contributed by atoms with E-state index in [1.54, 1.807) is 0 Å². The Morgan fingerprint density at radius 1 is 1.24 bits per heavy atom. The van der Waals surface area contributed by atoms with Crippen molar-refractivity contribution in [1.82, 2.24) is 0 Å². The number of benzene rings is 2. The third kappa shape index (κ3) is 3.47. The summed E-state index contributed by atoms with van der Waals surface area (Å²) in [5, 5.41) is 11.9. The quantitative estimate of drug-likeness (QED) is 0.888. The van der Waals surface area contributed by atoms with E-state index in [1.807, 2.05) is 0 Å². The number of rotatable bonds is 5. The molecule has 0 saturated carbocycles. The summed E-state index contributed by atoms with van der Waals surface area (Å²) in [5.41, 5.74) is 0.569. The van der Waals surface area contributed by atoms with Crippen molar-refractivity contribution in [3.8, 4) is 5.75 Å². The van der Waals surface area contributed by atoms with Crippen molar-refractivity contribution in [2.75, 3.05) is 12.4 Å². The molecule has 110 valence electrons. The Kier molecular flexibility index (Phi) is 4.37. The van der Waals surface area contributed by atoms with Crippen molar-refractivity contribution in [3.05, 3.63) is 59.2 Å². The van der Waals surface area contributed by atoms with Crippen molar-refractivity contribution in [2.24, 2.45) is 0 Å². The number of anilines is 1. The topological polar surface area (TPSA) is 58.6 Å². The fraction of sp³-hybridized carbons (Fsp3) is 0.133. The van der Waals surface area contributed by atoms with Crippen LogP contribution >= 0.6 is 0 Å². The summed E-state index contributed by atoms with van der Waals surface area (Å²) in [4.78, 5) is 11.1. The zero-order chi connectivity index (χ0) is 15.4. The first-order valence-corrected chi connectivity index (χ1v) is 6.10. The van der Waals surface area contributed by atoms with E-state index in [4.69, 9.17) is 9.84 Å². The highest BCUT2D eigenvalue weighted by molar-refractivity contribution is 5.94. The van der Waals surface area contributed by atoms with Gasteiger partial charge in [0, 0.05) is 24.2 Å². The summed E-state index contributed by atoms with van der Waals surface area (Å²) in [5.74, 6) is -1.99. The molecule has 0 amide bonds. The number of ether oxygens (including phenoxy) is 1. The fourth-order valence-electron chi connectivity index (χ4n) is 1.84. The third-order valence-corrected chi connectivity index (χ3v) is 2.94. The normalized spacial score (nSPS) is 10.2.